The minimum Gasteiger partial charge on any atom is -0.414 e. The number of carbonyl (C=O) groups excluding carboxylic acids is 1. The van der Waals surface area contributed by atoms with Crippen LogP contribution < -0.4 is 5.32 Å². The average Bonchev–Trinajstić information content (AvgIpc) is 2.35. The summed E-state index contributed by atoms with van der Waals surface area (Å²) in [5.74, 6) is -0.421. The van der Waals surface area contributed by atoms with E-state index in [1.807, 2.05) is 0 Å². The molecule has 0 aliphatic carbocycles. The summed E-state index contributed by atoms with van der Waals surface area (Å²) < 4.78 is 11.3. The molecule has 1 heterocycles. The topological polar surface area (TPSA) is 108 Å². The minimum atomic E-state index is -2.03. The van der Waals surface area contributed by atoms with Crippen LogP contribution in [-0.4, -0.2) is 66.8 Å². The number of ether oxygens (including phenoxy) is 1. The fourth-order valence-electron chi connectivity index (χ4n) is 1.98. The van der Waals surface area contributed by atoms with Crippen molar-refractivity contribution >= 4 is 14.2 Å². The summed E-state index contributed by atoms with van der Waals surface area (Å²) in [4.78, 5) is 11.1. The molecule has 22 heavy (non-hydrogen) atoms. The third-order valence-electron chi connectivity index (χ3n) is 4.50. The van der Waals surface area contributed by atoms with Gasteiger partial charge in [-0.1, -0.05) is 20.8 Å². The van der Waals surface area contributed by atoms with Gasteiger partial charge in [0.15, 0.2) is 14.6 Å². The smallest absolute Gasteiger partial charge is 0.217 e. The largest absolute Gasteiger partial charge is 0.414 e. The second-order valence-corrected chi connectivity index (χ2v) is 12.2. The zero-order valence-electron chi connectivity index (χ0n) is 14.2. The zero-order valence-corrected chi connectivity index (χ0v) is 15.2. The van der Waals surface area contributed by atoms with E-state index in [1.54, 1.807) is 0 Å². The van der Waals surface area contributed by atoms with Gasteiger partial charge in [-0.3, -0.25) is 4.79 Å². The van der Waals surface area contributed by atoms with E-state index in [2.05, 4.69) is 39.2 Å². The van der Waals surface area contributed by atoms with Crippen molar-refractivity contribution in [1.29, 1.82) is 0 Å². The quantitative estimate of drug-likeness (QED) is 0.537. The molecule has 1 amide bonds. The highest BCUT2D eigenvalue weighted by molar-refractivity contribution is 6.74. The summed E-state index contributed by atoms with van der Waals surface area (Å²) in [5.41, 5.74) is 0. The number of rotatable bonds is 4. The number of carbonyl (C=O) groups is 1. The van der Waals surface area contributed by atoms with Gasteiger partial charge in [0.05, 0.1) is 6.61 Å². The Morgan fingerprint density at radius 3 is 2.23 bits per heavy atom. The first-order chi connectivity index (χ1) is 9.86. The number of hydrogen-bond acceptors (Lipinski definition) is 6. The molecule has 1 aliphatic rings. The third kappa shape index (κ3) is 4.50. The van der Waals surface area contributed by atoms with Gasteiger partial charge in [-0.15, -0.1) is 0 Å². The SMILES string of the molecule is CC(=O)N[C@H]1[C@@H](O)[C@H](O)[C@@H](CO[Si](C)(C)C(C)(C)C)O[C@@H]1O. The van der Waals surface area contributed by atoms with Gasteiger partial charge in [0, 0.05) is 6.92 Å². The first-order valence-corrected chi connectivity index (χ1v) is 10.4. The average molecular weight is 335 g/mol. The summed E-state index contributed by atoms with van der Waals surface area (Å²) in [7, 11) is -2.03. The molecule has 0 bridgehead atoms. The fourth-order valence-corrected chi connectivity index (χ4v) is 3.00. The Hall–Kier alpha value is -0.513. The Morgan fingerprint density at radius 2 is 1.77 bits per heavy atom. The van der Waals surface area contributed by atoms with Crippen LogP contribution in [-0.2, 0) is 14.0 Å². The molecule has 0 aromatic carbocycles. The molecule has 1 rings (SSSR count). The molecule has 1 fully saturated rings. The lowest BCUT2D eigenvalue weighted by molar-refractivity contribution is -0.252. The summed E-state index contributed by atoms with van der Waals surface area (Å²) in [6, 6.07) is -1.06. The lowest BCUT2D eigenvalue weighted by Gasteiger charge is -2.43. The molecule has 0 aromatic rings. The van der Waals surface area contributed by atoms with Gasteiger partial charge in [-0.2, -0.15) is 0 Å². The van der Waals surface area contributed by atoms with Crippen molar-refractivity contribution in [3.63, 3.8) is 0 Å². The summed E-state index contributed by atoms with van der Waals surface area (Å²) in [5, 5.41) is 32.5. The van der Waals surface area contributed by atoms with Crippen LogP contribution in [0.2, 0.25) is 18.1 Å². The molecule has 1 aliphatic heterocycles. The lowest BCUT2D eigenvalue weighted by atomic mass is 9.97. The standard InChI is InChI=1S/C14H29NO6Si/c1-8(16)15-10-12(18)11(17)9(21-13(10)19)7-20-22(5,6)14(2,3)4/h9-13,17-19H,7H2,1-6H3,(H,15,16)/t9-,10+,11-,12-,13+/m1/s1. The Kier molecular flexibility index (Phi) is 6.16. The van der Waals surface area contributed by atoms with E-state index in [0.29, 0.717) is 0 Å². The van der Waals surface area contributed by atoms with Crippen LogP contribution in [0.5, 0.6) is 0 Å². The van der Waals surface area contributed by atoms with E-state index in [0.717, 1.165) is 0 Å². The maximum Gasteiger partial charge on any atom is 0.217 e. The molecule has 130 valence electrons. The van der Waals surface area contributed by atoms with Crippen molar-refractivity contribution < 1.29 is 29.3 Å². The first kappa shape index (κ1) is 19.5. The molecule has 8 heteroatoms. The number of aliphatic hydroxyl groups is 3. The normalized spacial score (nSPS) is 33.6. The maximum absolute atomic E-state index is 11.1. The molecule has 4 N–H and O–H groups in total. The van der Waals surface area contributed by atoms with E-state index in [1.165, 1.54) is 6.92 Å². The second kappa shape index (κ2) is 6.94. The minimum absolute atomic E-state index is 0.00255. The van der Waals surface area contributed by atoms with E-state index < -0.39 is 44.9 Å². The predicted octanol–water partition coefficient (Wildman–Crippen LogP) is -0.0481. The first-order valence-electron chi connectivity index (χ1n) is 7.47. The van der Waals surface area contributed by atoms with Gasteiger partial charge in [0.2, 0.25) is 5.91 Å². The summed E-state index contributed by atoms with van der Waals surface area (Å²) in [6.07, 6.45) is -4.80. The third-order valence-corrected chi connectivity index (χ3v) is 9.01. The van der Waals surface area contributed by atoms with Crippen molar-refractivity contribution in [3.05, 3.63) is 0 Å². The second-order valence-electron chi connectivity index (χ2n) is 7.34. The van der Waals surface area contributed by atoms with Crippen molar-refractivity contribution in [2.45, 2.75) is 76.5 Å². The van der Waals surface area contributed by atoms with Crippen LogP contribution in [0.25, 0.3) is 0 Å². The highest BCUT2D eigenvalue weighted by atomic mass is 28.4. The molecule has 0 aromatic heterocycles. The number of hydrogen-bond donors (Lipinski definition) is 4. The number of aliphatic hydroxyl groups excluding tert-OH is 3. The molecule has 1 saturated heterocycles. The molecular weight excluding hydrogens is 306 g/mol. The van der Waals surface area contributed by atoms with Crippen LogP contribution in [0.3, 0.4) is 0 Å². The van der Waals surface area contributed by atoms with Gasteiger partial charge < -0.3 is 29.8 Å². The number of nitrogens with one attached hydrogen (secondary N) is 1. The van der Waals surface area contributed by atoms with Crippen molar-refractivity contribution in [3.8, 4) is 0 Å². The van der Waals surface area contributed by atoms with E-state index in [9.17, 15) is 20.1 Å². The lowest BCUT2D eigenvalue weighted by Crippen LogP contribution is -2.64. The van der Waals surface area contributed by atoms with E-state index in [4.69, 9.17) is 9.16 Å². The Bertz CT molecular complexity index is 397. The highest BCUT2D eigenvalue weighted by Gasteiger charge is 2.46. The van der Waals surface area contributed by atoms with E-state index >= 15 is 0 Å². The van der Waals surface area contributed by atoms with Gasteiger partial charge >= 0.3 is 0 Å². The Balaban J connectivity index is 2.70. The van der Waals surface area contributed by atoms with Crippen molar-refractivity contribution in [2.75, 3.05) is 6.61 Å². The zero-order chi connectivity index (χ0) is 17.3. The molecular formula is C14H29NO6Si. The van der Waals surface area contributed by atoms with Crippen LogP contribution in [0.4, 0.5) is 0 Å². The summed E-state index contributed by atoms with van der Waals surface area (Å²) >= 11 is 0. The molecule has 0 unspecified atom stereocenters. The van der Waals surface area contributed by atoms with Crippen molar-refractivity contribution in [1.82, 2.24) is 5.32 Å². The van der Waals surface area contributed by atoms with Crippen molar-refractivity contribution in [2.24, 2.45) is 0 Å². The number of amides is 1. The molecule has 0 spiro atoms. The summed E-state index contributed by atoms with van der Waals surface area (Å²) in [6.45, 7) is 11.7. The van der Waals surface area contributed by atoms with Crippen LogP contribution >= 0.6 is 0 Å². The van der Waals surface area contributed by atoms with Gasteiger partial charge in [0.1, 0.15) is 24.4 Å². The fraction of sp³-hybridized carbons (Fsp3) is 0.929. The van der Waals surface area contributed by atoms with Crippen LogP contribution in [0.15, 0.2) is 0 Å². The Morgan fingerprint density at radius 1 is 1.23 bits per heavy atom. The van der Waals surface area contributed by atoms with Crippen LogP contribution in [0, 0.1) is 0 Å². The van der Waals surface area contributed by atoms with Gasteiger partial charge in [0.25, 0.3) is 0 Å². The molecule has 0 radical (unpaired) electrons. The molecule has 7 nitrogen and oxygen atoms in total. The molecule has 0 saturated carbocycles. The van der Waals surface area contributed by atoms with E-state index in [-0.39, 0.29) is 11.6 Å². The van der Waals surface area contributed by atoms with Crippen LogP contribution in [0.1, 0.15) is 27.7 Å². The maximum atomic E-state index is 11.1. The van der Waals surface area contributed by atoms with Gasteiger partial charge in [-0.25, -0.2) is 0 Å². The van der Waals surface area contributed by atoms with Gasteiger partial charge in [-0.05, 0) is 18.1 Å². The predicted molar refractivity (Wildman–Crippen MR) is 83.6 cm³/mol. The molecule has 5 atom stereocenters. The Labute approximate surface area is 132 Å². The highest BCUT2D eigenvalue weighted by Crippen LogP contribution is 2.37. The monoisotopic (exact) mass is 335 g/mol.